The van der Waals surface area contributed by atoms with Gasteiger partial charge in [0.25, 0.3) is 11.8 Å². The number of imide groups is 2. The fraction of sp³-hybridized carbons (Fsp3) is 0.273. The molecule has 3 heterocycles. The average molecular weight is 420 g/mol. The number of hydrogen-bond donors (Lipinski definition) is 2. The maximum Gasteiger partial charge on any atom is 0.262 e. The Morgan fingerprint density at radius 3 is 2.65 bits per heavy atom. The van der Waals surface area contributed by atoms with Gasteiger partial charge >= 0.3 is 0 Å². The van der Waals surface area contributed by atoms with Crippen LogP contribution in [-0.2, 0) is 16.1 Å². The van der Waals surface area contributed by atoms with Gasteiger partial charge in [-0.25, -0.2) is 0 Å². The van der Waals surface area contributed by atoms with Crippen LogP contribution in [0.25, 0.3) is 0 Å². The third-order valence-electron chi connectivity index (χ3n) is 5.82. The summed E-state index contributed by atoms with van der Waals surface area (Å²) in [6.07, 6.45) is 0.226. The molecule has 5 rings (SSSR count). The fourth-order valence-electron chi connectivity index (χ4n) is 4.29. The summed E-state index contributed by atoms with van der Waals surface area (Å²) in [7, 11) is 0. The number of nitrogen functional groups attached to an aromatic ring is 1. The molecule has 3 N–H and O–H groups in total. The number of hydrogen-bond acceptors (Lipinski definition) is 7. The average Bonchev–Trinajstić information content (AvgIpc) is 2.99. The van der Waals surface area contributed by atoms with Crippen molar-refractivity contribution in [1.29, 1.82) is 0 Å². The van der Waals surface area contributed by atoms with Crippen molar-refractivity contribution in [2.24, 2.45) is 0 Å². The molecular weight excluding hydrogens is 400 g/mol. The molecule has 1 unspecified atom stereocenters. The molecule has 0 bridgehead atoms. The predicted molar refractivity (Wildman–Crippen MR) is 111 cm³/mol. The zero-order valence-corrected chi connectivity index (χ0v) is 16.6. The van der Waals surface area contributed by atoms with Crippen molar-refractivity contribution in [3.63, 3.8) is 0 Å². The van der Waals surface area contributed by atoms with E-state index >= 15 is 0 Å². The Labute approximate surface area is 177 Å². The second-order valence-electron chi connectivity index (χ2n) is 7.82. The largest absolute Gasteiger partial charge is 0.490 e. The number of anilines is 2. The number of benzene rings is 2. The lowest BCUT2D eigenvalue weighted by Gasteiger charge is -2.31. The lowest BCUT2D eigenvalue weighted by atomic mass is 10.0. The van der Waals surface area contributed by atoms with E-state index in [1.165, 1.54) is 0 Å². The van der Waals surface area contributed by atoms with Gasteiger partial charge in [0.15, 0.2) is 0 Å². The Hall–Kier alpha value is -3.88. The van der Waals surface area contributed by atoms with Gasteiger partial charge in [0.2, 0.25) is 11.8 Å². The smallest absolute Gasteiger partial charge is 0.262 e. The number of carbonyl (C=O) groups excluding carboxylic acids is 4. The summed E-state index contributed by atoms with van der Waals surface area (Å²) in [4.78, 5) is 52.5. The first-order valence-corrected chi connectivity index (χ1v) is 10.0. The molecular formula is C22H20N4O5. The highest BCUT2D eigenvalue weighted by atomic mass is 16.5. The Morgan fingerprint density at radius 1 is 1.03 bits per heavy atom. The SMILES string of the molecule is Nc1ccc2c(c1)N(Cc1ccc3c(c1)C(=O)N(C1CCC(=O)NC1=O)C3=O)CCO2. The van der Waals surface area contributed by atoms with Gasteiger partial charge in [0.1, 0.15) is 18.4 Å². The summed E-state index contributed by atoms with van der Waals surface area (Å²) in [5.74, 6) is -1.29. The van der Waals surface area contributed by atoms with Crippen molar-refractivity contribution in [3.8, 4) is 5.75 Å². The minimum atomic E-state index is -0.970. The molecule has 3 aliphatic heterocycles. The summed E-state index contributed by atoms with van der Waals surface area (Å²) in [6, 6.07) is 9.62. The van der Waals surface area contributed by atoms with Crippen LogP contribution in [0.15, 0.2) is 36.4 Å². The van der Waals surface area contributed by atoms with Crippen molar-refractivity contribution >= 4 is 35.0 Å². The van der Waals surface area contributed by atoms with E-state index in [4.69, 9.17) is 10.5 Å². The highest BCUT2D eigenvalue weighted by Gasteiger charge is 2.44. The second-order valence-corrected chi connectivity index (χ2v) is 7.82. The van der Waals surface area contributed by atoms with E-state index in [2.05, 4.69) is 10.2 Å². The fourth-order valence-corrected chi connectivity index (χ4v) is 4.29. The first-order chi connectivity index (χ1) is 14.9. The molecule has 0 aliphatic carbocycles. The van der Waals surface area contributed by atoms with Crippen LogP contribution in [-0.4, -0.2) is 47.7 Å². The zero-order valence-electron chi connectivity index (χ0n) is 16.6. The molecule has 0 aromatic heterocycles. The molecule has 158 valence electrons. The number of nitrogens with zero attached hydrogens (tertiary/aromatic N) is 2. The molecule has 9 heteroatoms. The summed E-state index contributed by atoms with van der Waals surface area (Å²) >= 11 is 0. The number of nitrogens with two attached hydrogens (primary N) is 1. The Bertz CT molecular complexity index is 1140. The van der Waals surface area contributed by atoms with E-state index in [0.717, 1.165) is 21.9 Å². The number of amides is 4. The quantitative estimate of drug-likeness (QED) is 0.563. The van der Waals surface area contributed by atoms with Crippen molar-refractivity contribution in [3.05, 3.63) is 53.1 Å². The molecule has 1 saturated heterocycles. The maximum absolute atomic E-state index is 13.0. The molecule has 2 aromatic rings. The van der Waals surface area contributed by atoms with Gasteiger partial charge in [-0.2, -0.15) is 0 Å². The Balaban J connectivity index is 1.41. The number of carbonyl (C=O) groups is 4. The van der Waals surface area contributed by atoms with Gasteiger partial charge in [-0.15, -0.1) is 0 Å². The molecule has 1 atom stereocenters. The highest BCUT2D eigenvalue weighted by molar-refractivity contribution is 6.23. The minimum absolute atomic E-state index is 0.0919. The second kappa shape index (κ2) is 7.12. The van der Waals surface area contributed by atoms with Crippen LogP contribution >= 0.6 is 0 Å². The van der Waals surface area contributed by atoms with E-state index in [-0.39, 0.29) is 24.0 Å². The topological polar surface area (TPSA) is 122 Å². The minimum Gasteiger partial charge on any atom is -0.490 e. The van der Waals surface area contributed by atoms with Crippen molar-refractivity contribution in [1.82, 2.24) is 10.2 Å². The Morgan fingerprint density at radius 2 is 1.84 bits per heavy atom. The van der Waals surface area contributed by atoms with Gasteiger partial charge in [-0.1, -0.05) is 6.07 Å². The van der Waals surface area contributed by atoms with Crippen molar-refractivity contribution in [2.75, 3.05) is 23.8 Å². The molecule has 2 aromatic carbocycles. The van der Waals surface area contributed by atoms with Gasteiger partial charge < -0.3 is 15.4 Å². The van der Waals surface area contributed by atoms with Crippen LogP contribution in [0.4, 0.5) is 11.4 Å². The third-order valence-corrected chi connectivity index (χ3v) is 5.82. The van der Waals surface area contributed by atoms with Crippen LogP contribution in [0, 0.1) is 0 Å². The molecule has 0 spiro atoms. The van der Waals surface area contributed by atoms with Gasteiger partial charge in [-0.3, -0.25) is 29.4 Å². The summed E-state index contributed by atoms with van der Waals surface area (Å²) in [5.41, 5.74) is 8.82. The highest BCUT2D eigenvalue weighted by Crippen LogP contribution is 2.35. The number of piperidine rings is 1. The predicted octanol–water partition coefficient (Wildman–Crippen LogP) is 1.07. The van der Waals surface area contributed by atoms with Gasteiger partial charge in [0, 0.05) is 18.7 Å². The summed E-state index contributed by atoms with van der Waals surface area (Å²) in [6.45, 7) is 1.69. The summed E-state index contributed by atoms with van der Waals surface area (Å²) in [5, 5.41) is 2.20. The lowest BCUT2D eigenvalue weighted by Crippen LogP contribution is -2.54. The monoisotopic (exact) mass is 420 g/mol. The van der Waals surface area contributed by atoms with Crippen LogP contribution in [0.5, 0.6) is 5.75 Å². The normalized spacial score (nSPS) is 20.3. The van der Waals surface area contributed by atoms with Gasteiger partial charge in [0.05, 0.1) is 23.4 Å². The molecule has 9 nitrogen and oxygen atoms in total. The van der Waals surface area contributed by atoms with E-state index in [0.29, 0.717) is 25.4 Å². The molecule has 4 amide bonds. The van der Waals surface area contributed by atoms with Crippen LogP contribution in [0.3, 0.4) is 0 Å². The lowest BCUT2D eigenvalue weighted by molar-refractivity contribution is -0.136. The first-order valence-electron chi connectivity index (χ1n) is 10.0. The van der Waals surface area contributed by atoms with Crippen LogP contribution in [0.2, 0.25) is 0 Å². The maximum atomic E-state index is 13.0. The number of rotatable bonds is 3. The van der Waals surface area contributed by atoms with Crippen LogP contribution in [0.1, 0.15) is 39.1 Å². The van der Waals surface area contributed by atoms with E-state index in [1.54, 1.807) is 24.3 Å². The van der Waals surface area contributed by atoms with E-state index < -0.39 is 29.7 Å². The van der Waals surface area contributed by atoms with Crippen LogP contribution < -0.4 is 20.7 Å². The van der Waals surface area contributed by atoms with Crippen molar-refractivity contribution < 1.29 is 23.9 Å². The summed E-state index contributed by atoms with van der Waals surface area (Å²) < 4.78 is 5.69. The molecule has 0 saturated carbocycles. The number of nitrogens with one attached hydrogen (secondary N) is 1. The van der Waals surface area contributed by atoms with Crippen molar-refractivity contribution in [2.45, 2.75) is 25.4 Å². The van der Waals surface area contributed by atoms with E-state index in [1.807, 2.05) is 12.1 Å². The first kappa shape index (κ1) is 19.1. The van der Waals surface area contributed by atoms with E-state index in [9.17, 15) is 19.2 Å². The van der Waals surface area contributed by atoms with Gasteiger partial charge in [-0.05, 0) is 42.3 Å². The number of fused-ring (bicyclic) bond motifs is 2. The molecule has 1 fully saturated rings. The molecule has 3 aliphatic rings. The standard InChI is InChI=1S/C22H20N4O5/c23-13-2-5-18-17(10-13)25(7-8-31-18)11-12-1-3-14-15(9-12)22(30)26(21(14)29)16-4-6-19(27)24-20(16)28/h1-3,5,9-10,16H,4,6-8,11,23H2,(H,24,27,28). The molecule has 0 radical (unpaired) electrons. The number of ether oxygens (including phenoxy) is 1. The zero-order chi connectivity index (χ0) is 21.7. The molecule has 31 heavy (non-hydrogen) atoms. The third kappa shape index (κ3) is 3.18. The Kier molecular flexibility index (Phi) is 4.39.